The molecule has 0 unspecified atom stereocenters. The highest BCUT2D eigenvalue weighted by atomic mass is 14.9. The van der Waals surface area contributed by atoms with Crippen LogP contribution in [0.15, 0.2) is 24.3 Å². The van der Waals surface area contributed by atoms with Crippen molar-refractivity contribution in [3.05, 3.63) is 35.4 Å². The van der Waals surface area contributed by atoms with Gasteiger partial charge in [-0.3, -0.25) is 0 Å². The molecule has 1 aliphatic rings. The van der Waals surface area contributed by atoms with E-state index >= 15 is 0 Å². The number of rotatable bonds is 8. The summed E-state index contributed by atoms with van der Waals surface area (Å²) in [5.74, 6) is 0.806. The van der Waals surface area contributed by atoms with E-state index in [0.29, 0.717) is 5.41 Å². The van der Waals surface area contributed by atoms with Crippen molar-refractivity contribution >= 4 is 0 Å². The number of hydrogen-bond acceptors (Lipinski definition) is 2. The van der Waals surface area contributed by atoms with E-state index in [-0.39, 0.29) is 0 Å². The summed E-state index contributed by atoms with van der Waals surface area (Å²) in [6, 6.07) is 8.90. The zero-order valence-electron chi connectivity index (χ0n) is 13.8. The molecule has 0 amide bonds. The zero-order chi connectivity index (χ0) is 15.1. The standard InChI is InChI=1S/C19H32N2/c1-16(2)13-19(10-3-4-11-19)15-21-14-18-7-5-17(6-8-18)9-12-20/h5-8,16,21H,3-4,9-15,20H2,1-2H3. The van der Waals surface area contributed by atoms with Gasteiger partial charge in [0.2, 0.25) is 0 Å². The summed E-state index contributed by atoms with van der Waals surface area (Å²) in [7, 11) is 0. The fourth-order valence-electron chi connectivity index (χ4n) is 3.91. The van der Waals surface area contributed by atoms with Crippen molar-refractivity contribution in [3.63, 3.8) is 0 Å². The molecule has 0 spiro atoms. The smallest absolute Gasteiger partial charge is 0.0205 e. The maximum atomic E-state index is 5.59. The summed E-state index contributed by atoms with van der Waals surface area (Å²) >= 11 is 0. The van der Waals surface area contributed by atoms with Crippen LogP contribution in [-0.2, 0) is 13.0 Å². The van der Waals surface area contributed by atoms with Gasteiger partial charge in [0.15, 0.2) is 0 Å². The van der Waals surface area contributed by atoms with Gasteiger partial charge in [0.25, 0.3) is 0 Å². The number of benzene rings is 1. The summed E-state index contributed by atoms with van der Waals surface area (Å²) in [5.41, 5.74) is 8.88. The van der Waals surface area contributed by atoms with Crippen molar-refractivity contribution in [1.82, 2.24) is 5.32 Å². The highest BCUT2D eigenvalue weighted by molar-refractivity contribution is 5.22. The molecule has 3 N–H and O–H groups in total. The fraction of sp³-hybridized carbons (Fsp3) is 0.684. The van der Waals surface area contributed by atoms with Gasteiger partial charge in [0.05, 0.1) is 0 Å². The lowest BCUT2D eigenvalue weighted by atomic mass is 9.78. The third kappa shape index (κ3) is 5.12. The minimum atomic E-state index is 0.563. The number of nitrogens with one attached hydrogen (secondary N) is 1. The van der Waals surface area contributed by atoms with Gasteiger partial charge >= 0.3 is 0 Å². The molecule has 1 fully saturated rings. The lowest BCUT2D eigenvalue weighted by molar-refractivity contribution is 0.223. The van der Waals surface area contributed by atoms with Crippen LogP contribution in [0.3, 0.4) is 0 Å². The lowest BCUT2D eigenvalue weighted by Crippen LogP contribution is -2.33. The molecular formula is C19H32N2. The van der Waals surface area contributed by atoms with Gasteiger partial charge in [-0.1, -0.05) is 51.0 Å². The van der Waals surface area contributed by atoms with E-state index in [1.54, 1.807) is 0 Å². The minimum Gasteiger partial charge on any atom is -0.330 e. The van der Waals surface area contributed by atoms with Crippen LogP contribution in [0.25, 0.3) is 0 Å². The first kappa shape index (κ1) is 16.5. The molecule has 0 saturated heterocycles. The monoisotopic (exact) mass is 288 g/mol. The van der Waals surface area contributed by atoms with Crippen LogP contribution in [0.4, 0.5) is 0 Å². The van der Waals surface area contributed by atoms with Crippen molar-refractivity contribution in [3.8, 4) is 0 Å². The average Bonchev–Trinajstić information content (AvgIpc) is 2.89. The SMILES string of the molecule is CC(C)CC1(CNCc2ccc(CCN)cc2)CCCC1. The molecule has 0 atom stereocenters. The average molecular weight is 288 g/mol. The van der Waals surface area contributed by atoms with E-state index < -0.39 is 0 Å². The molecule has 0 heterocycles. The van der Waals surface area contributed by atoms with Crippen molar-refractivity contribution in [2.75, 3.05) is 13.1 Å². The molecule has 1 saturated carbocycles. The van der Waals surface area contributed by atoms with E-state index in [9.17, 15) is 0 Å². The quantitative estimate of drug-likeness (QED) is 0.762. The highest BCUT2D eigenvalue weighted by Gasteiger charge is 2.33. The summed E-state index contributed by atoms with van der Waals surface area (Å²) in [5, 5.41) is 3.72. The van der Waals surface area contributed by atoms with Crippen LogP contribution < -0.4 is 11.1 Å². The Hall–Kier alpha value is -0.860. The first-order valence-electron chi connectivity index (χ1n) is 8.62. The van der Waals surface area contributed by atoms with E-state index in [2.05, 4.69) is 43.4 Å². The van der Waals surface area contributed by atoms with Crippen LogP contribution in [0.2, 0.25) is 0 Å². The maximum absolute atomic E-state index is 5.59. The largest absolute Gasteiger partial charge is 0.330 e. The Balaban J connectivity index is 1.81. The van der Waals surface area contributed by atoms with Gasteiger partial charge < -0.3 is 11.1 Å². The van der Waals surface area contributed by atoms with Crippen molar-refractivity contribution in [1.29, 1.82) is 0 Å². The molecule has 0 radical (unpaired) electrons. The molecule has 1 aromatic rings. The molecule has 1 aliphatic carbocycles. The Kier molecular flexibility index (Phi) is 6.25. The van der Waals surface area contributed by atoms with Crippen LogP contribution >= 0.6 is 0 Å². The second-order valence-corrected chi connectivity index (χ2v) is 7.26. The van der Waals surface area contributed by atoms with Gasteiger partial charge in [0, 0.05) is 13.1 Å². The van der Waals surface area contributed by atoms with Crippen LogP contribution in [0.5, 0.6) is 0 Å². The van der Waals surface area contributed by atoms with E-state index in [1.807, 2.05) is 0 Å². The predicted molar refractivity (Wildman–Crippen MR) is 91.3 cm³/mol. The summed E-state index contributed by atoms with van der Waals surface area (Å²) in [6.07, 6.45) is 8.01. The highest BCUT2D eigenvalue weighted by Crippen LogP contribution is 2.42. The minimum absolute atomic E-state index is 0.563. The molecule has 21 heavy (non-hydrogen) atoms. The Morgan fingerprint density at radius 2 is 1.71 bits per heavy atom. The molecule has 1 aromatic carbocycles. The van der Waals surface area contributed by atoms with Crippen molar-refractivity contribution in [2.24, 2.45) is 17.1 Å². The Bertz CT molecular complexity index is 402. The van der Waals surface area contributed by atoms with Gasteiger partial charge in [-0.15, -0.1) is 0 Å². The van der Waals surface area contributed by atoms with Crippen LogP contribution in [0, 0.1) is 11.3 Å². The molecular weight excluding hydrogens is 256 g/mol. The molecule has 2 rings (SSSR count). The number of nitrogens with two attached hydrogens (primary N) is 1. The van der Waals surface area contributed by atoms with E-state index in [4.69, 9.17) is 5.73 Å². The second kappa shape index (κ2) is 7.95. The van der Waals surface area contributed by atoms with Gasteiger partial charge in [0.1, 0.15) is 0 Å². The van der Waals surface area contributed by atoms with Crippen molar-refractivity contribution < 1.29 is 0 Å². The predicted octanol–water partition coefficient (Wildman–Crippen LogP) is 3.88. The first-order chi connectivity index (χ1) is 10.1. The van der Waals surface area contributed by atoms with Gasteiger partial charge in [-0.05, 0) is 54.7 Å². The van der Waals surface area contributed by atoms with Crippen LogP contribution in [-0.4, -0.2) is 13.1 Å². The second-order valence-electron chi connectivity index (χ2n) is 7.26. The van der Waals surface area contributed by atoms with E-state index in [0.717, 1.165) is 25.4 Å². The summed E-state index contributed by atoms with van der Waals surface area (Å²) in [6.45, 7) is 7.61. The molecule has 0 bridgehead atoms. The normalized spacial score (nSPS) is 17.5. The molecule has 2 nitrogen and oxygen atoms in total. The molecule has 118 valence electrons. The topological polar surface area (TPSA) is 38.0 Å². The first-order valence-corrected chi connectivity index (χ1v) is 8.62. The summed E-state index contributed by atoms with van der Waals surface area (Å²) < 4.78 is 0. The third-order valence-corrected chi connectivity index (χ3v) is 4.79. The van der Waals surface area contributed by atoms with Crippen LogP contribution in [0.1, 0.15) is 57.1 Å². The maximum Gasteiger partial charge on any atom is 0.0205 e. The number of hydrogen-bond donors (Lipinski definition) is 2. The zero-order valence-corrected chi connectivity index (χ0v) is 13.8. The lowest BCUT2D eigenvalue weighted by Gasteiger charge is -2.31. The molecule has 0 aliphatic heterocycles. The Morgan fingerprint density at radius 1 is 1.10 bits per heavy atom. The summed E-state index contributed by atoms with van der Waals surface area (Å²) in [4.78, 5) is 0. The Labute approximate surface area is 130 Å². The third-order valence-electron chi connectivity index (χ3n) is 4.79. The molecule has 0 aromatic heterocycles. The van der Waals surface area contributed by atoms with E-state index in [1.165, 1.54) is 49.8 Å². The Morgan fingerprint density at radius 3 is 2.29 bits per heavy atom. The van der Waals surface area contributed by atoms with Crippen molar-refractivity contribution in [2.45, 2.75) is 58.9 Å². The van der Waals surface area contributed by atoms with Gasteiger partial charge in [-0.25, -0.2) is 0 Å². The molecule has 2 heteroatoms. The fourth-order valence-corrected chi connectivity index (χ4v) is 3.91. The van der Waals surface area contributed by atoms with Gasteiger partial charge in [-0.2, -0.15) is 0 Å².